The summed E-state index contributed by atoms with van der Waals surface area (Å²) in [6, 6.07) is 2.24. The van der Waals surface area contributed by atoms with Crippen LogP contribution in [0, 0.1) is 16.7 Å². The van der Waals surface area contributed by atoms with Crippen LogP contribution in [0.4, 0.5) is 0 Å². The van der Waals surface area contributed by atoms with Gasteiger partial charge in [0.25, 0.3) is 0 Å². The fraction of sp³-hybridized carbons (Fsp3) is 0.909. The Balaban J connectivity index is 2.24. The standard InChI is InChI=1S/C11H20N2O2/c1-13(7-10(14)8-15-2)9-11(3-4-11)5-6-12/h10,14H,3-5,7-9H2,1-2H3. The molecule has 1 rings (SSSR count). The summed E-state index contributed by atoms with van der Waals surface area (Å²) < 4.78 is 4.87. The number of aliphatic hydroxyl groups is 1. The summed E-state index contributed by atoms with van der Waals surface area (Å²) in [5.41, 5.74) is 0.219. The van der Waals surface area contributed by atoms with Crippen LogP contribution in [0.25, 0.3) is 0 Å². The van der Waals surface area contributed by atoms with Gasteiger partial charge in [0.2, 0.25) is 0 Å². The third-order valence-electron chi connectivity index (χ3n) is 2.90. The monoisotopic (exact) mass is 212 g/mol. The average Bonchev–Trinajstić information content (AvgIpc) is 2.85. The van der Waals surface area contributed by atoms with Crippen LogP contribution in [0.1, 0.15) is 19.3 Å². The van der Waals surface area contributed by atoms with E-state index in [0.29, 0.717) is 19.6 Å². The van der Waals surface area contributed by atoms with Crippen molar-refractivity contribution in [3.05, 3.63) is 0 Å². The second-order valence-corrected chi connectivity index (χ2v) is 4.64. The lowest BCUT2D eigenvalue weighted by atomic mass is 10.0. The van der Waals surface area contributed by atoms with E-state index in [2.05, 4.69) is 11.0 Å². The zero-order chi connectivity index (χ0) is 11.3. The Morgan fingerprint density at radius 1 is 1.60 bits per heavy atom. The summed E-state index contributed by atoms with van der Waals surface area (Å²) in [7, 11) is 3.57. The summed E-state index contributed by atoms with van der Waals surface area (Å²) in [6.07, 6.45) is 2.49. The Bertz CT molecular complexity index is 233. The number of rotatable bonds is 7. The maximum atomic E-state index is 9.54. The van der Waals surface area contributed by atoms with Gasteiger partial charge in [-0.15, -0.1) is 0 Å². The molecule has 0 amide bonds. The Morgan fingerprint density at radius 3 is 2.73 bits per heavy atom. The van der Waals surface area contributed by atoms with E-state index in [0.717, 1.165) is 19.4 Å². The first-order valence-electron chi connectivity index (χ1n) is 5.34. The maximum absolute atomic E-state index is 9.54. The van der Waals surface area contributed by atoms with E-state index >= 15 is 0 Å². The fourth-order valence-corrected chi connectivity index (χ4v) is 1.98. The molecule has 1 fully saturated rings. The van der Waals surface area contributed by atoms with E-state index in [9.17, 15) is 5.11 Å². The number of ether oxygens (including phenoxy) is 1. The van der Waals surface area contributed by atoms with Crippen LogP contribution in [0.3, 0.4) is 0 Å². The predicted octanol–water partition coefficient (Wildman–Crippen LogP) is 0.619. The van der Waals surface area contributed by atoms with Crippen molar-refractivity contribution in [1.82, 2.24) is 4.90 Å². The molecule has 0 heterocycles. The first-order valence-corrected chi connectivity index (χ1v) is 5.34. The van der Waals surface area contributed by atoms with Gasteiger partial charge in [-0.3, -0.25) is 0 Å². The number of nitriles is 1. The molecule has 0 aromatic heterocycles. The summed E-state index contributed by atoms with van der Waals surface area (Å²) in [5, 5.41) is 18.2. The molecule has 86 valence electrons. The van der Waals surface area contributed by atoms with Crippen LogP contribution in [0.2, 0.25) is 0 Å². The van der Waals surface area contributed by atoms with Crippen LogP contribution in [0.15, 0.2) is 0 Å². The van der Waals surface area contributed by atoms with Gasteiger partial charge >= 0.3 is 0 Å². The number of aliphatic hydroxyl groups excluding tert-OH is 1. The molecule has 0 radical (unpaired) electrons. The van der Waals surface area contributed by atoms with Crippen LogP contribution >= 0.6 is 0 Å². The SMILES string of the molecule is COCC(O)CN(C)CC1(CC#N)CC1. The van der Waals surface area contributed by atoms with E-state index in [4.69, 9.17) is 10.00 Å². The second kappa shape index (κ2) is 5.45. The van der Waals surface area contributed by atoms with Crippen molar-refractivity contribution in [3.8, 4) is 6.07 Å². The van der Waals surface area contributed by atoms with Gasteiger partial charge in [-0.2, -0.15) is 5.26 Å². The summed E-state index contributed by atoms with van der Waals surface area (Å²) in [4.78, 5) is 2.09. The number of hydrogen-bond donors (Lipinski definition) is 1. The molecule has 1 atom stereocenters. The lowest BCUT2D eigenvalue weighted by Gasteiger charge is -2.24. The zero-order valence-electron chi connectivity index (χ0n) is 9.57. The predicted molar refractivity (Wildman–Crippen MR) is 57.3 cm³/mol. The van der Waals surface area contributed by atoms with Gasteiger partial charge in [0.15, 0.2) is 0 Å². The van der Waals surface area contributed by atoms with Gasteiger partial charge < -0.3 is 14.7 Å². The highest BCUT2D eigenvalue weighted by Gasteiger charge is 2.43. The van der Waals surface area contributed by atoms with Gasteiger partial charge in [-0.05, 0) is 25.3 Å². The third kappa shape index (κ3) is 4.17. The molecule has 15 heavy (non-hydrogen) atoms. The zero-order valence-corrected chi connectivity index (χ0v) is 9.57. The van der Waals surface area contributed by atoms with Crippen molar-refractivity contribution >= 4 is 0 Å². The van der Waals surface area contributed by atoms with Crippen LogP contribution in [0.5, 0.6) is 0 Å². The van der Waals surface area contributed by atoms with Crippen molar-refractivity contribution in [2.24, 2.45) is 5.41 Å². The topological polar surface area (TPSA) is 56.5 Å². The minimum absolute atomic E-state index is 0.219. The number of hydrogen-bond acceptors (Lipinski definition) is 4. The smallest absolute Gasteiger partial charge is 0.0899 e. The minimum atomic E-state index is -0.433. The lowest BCUT2D eigenvalue weighted by molar-refractivity contribution is 0.0395. The van der Waals surface area contributed by atoms with Gasteiger partial charge in [0.1, 0.15) is 0 Å². The Morgan fingerprint density at radius 2 is 2.27 bits per heavy atom. The molecular formula is C11H20N2O2. The molecule has 0 bridgehead atoms. The third-order valence-corrected chi connectivity index (χ3v) is 2.90. The molecular weight excluding hydrogens is 192 g/mol. The molecule has 1 N–H and O–H groups in total. The highest BCUT2D eigenvalue weighted by Crippen LogP contribution is 2.48. The van der Waals surface area contributed by atoms with Crippen molar-refractivity contribution in [1.29, 1.82) is 5.26 Å². The van der Waals surface area contributed by atoms with Crippen molar-refractivity contribution in [3.63, 3.8) is 0 Å². The summed E-state index contributed by atoms with van der Waals surface area (Å²) in [6.45, 7) is 1.89. The van der Waals surface area contributed by atoms with E-state index in [1.165, 1.54) is 0 Å². The van der Waals surface area contributed by atoms with E-state index in [-0.39, 0.29) is 5.41 Å². The maximum Gasteiger partial charge on any atom is 0.0899 e. The average molecular weight is 212 g/mol. The summed E-state index contributed by atoms with van der Waals surface area (Å²) >= 11 is 0. The van der Waals surface area contributed by atoms with Gasteiger partial charge in [0.05, 0.1) is 18.8 Å². The lowest BCUT2D eigenvalue weighted by Crippen LogP contribution is -2.35. The molecule has 1 aliphatic rings. The number of likely N-dealkylation sites (N-methyl/N-ethyl adjacent to an activating group) is 1. The highest BCUT2D eigenvalue weighted by molar-refractivity contribution is 5.00. The Labute approximate surface area is 91.4 Å². The van der Waals surface area contributed by atoms with Crippen molar-refractivity contribution < 1.29 is 9.84 Å². The Kier molecular flexibility index (Phi) is 4.52. The molecule has 0 aliphatic heterocycles. The van der Waals surface area contributed by atoms with E-state index < -0.39 is 6.10 Å². The highest BCUT2D eigenvalue weighted by atomic mass is 16.5. The van der Waals surface area contributed by atoms with Crippen molar-refractivity contribution in [2.45, 2.75) is 25.4 Å². The van der Waals surface area contributed by atoms with Gasteiger partial charge in [-0.1, -0.05) is 0 Å². The van der Waals surface area contributed by atoms with Crippen LogP contribution in [-0.2, 0) is 4.74 Å². The first-order chi connectivity index (χ1) is 7.12. The van der Waals surface area contributed by atoms with Gasteiger partial charge in [-0.25, -0.2) is 0 Å². The molecule has 0 saturated heterocycles. The molecule has 0 spiro atoms. The minimum Gasteiger partial charge on any atom is -0.389 e. The molecule has 1 aliphatic carbocycles. The molecule has 1 saturated carbocycles. The molecule has 0 aromatic rings. The number of nitrogens with zero attached hydrogens (tertiary/aromatic N) is 2. The van der Waals surface area contributed by atoms with Gasteiger partial charge in [0, 0.05) is 26.6 Å². The largest absolute Gasteiger partial charge is 0.389 e. The number of methoxy groups -OCH3 is 1. The normalized spacial score (nSPS) is 19.9. The first kappa shape index (κ1) is 12.4. The fourth-order valence-electron chi connectivity index (χ4n) is 1.98. The van der Waals surface area contributed by atoms with E-state index in [1.807, 2.05) is 7.05 Å². The molecule has 4 heteroatoms. The quantitative estimate of drug-likeness (QED) is 0.672. The van der Waals surface area contributed by atoms with Crippen LogP contribution in [-0.4, -0.2) is 50.0 Å². The van der Waals surface area contributed by atoms with E-state index in [1.54, 1.807) is 7.11 Å². The molecule has 1 unspecified atom stereocenters. The summed E-state index contributed by atoms with van der Waals surface area (Å²) in [5.74, 6) is 0. The Hall–Kier alpha value is -0.630. The van der Waals surface area contributed by atoms with Crippen LogP contribution < -0.4 is 0 Å². The molecule has 0 aromatic carbocycles. The molecule has 4 nitrogen and oxygen atoms in total. The van der Waals surface area contributed by atoms with Crippen molar-refractivity contribution in [2.75, 3.05) is 33.9 Å². The second-order valence-electron chi connectivity index (χ2n) is 4.64.